The van der Waals surface area contributed by atoms with E-state index >= 15 is 0 Å². The maximum absolute atomic E-state index is 12.5. The van der Waals surface area contributed by atoms with Gasteiger partial charge < -0.3 is 24.4 Å². The second-order valence-corrected chi connectivity index (χ2v) is 8.40. The lowest BCUT2D eigenvalue weighted by Crippen LogP contribution is -2.46. The monoisotopic (exact) mass is 440 g/mol. The van der Waals surface area contributed by atoms with Gasteiger partial charge in [0.05, 0.1) is 5.41 Å². The zero-order valence-electron chi connectivity index (χ0n) is 17.6. The van der Waals surface area contributed by atoms with Gasteiger partial charge in [0, 0.05) is 31.1 Å². The number of hydrogen-bond donors (Lipinski definition) is 1. The van der Waals surface area contributed by atoms with Gasteiger partial charge in [-0.25, -0.2) is 0 Å². The van der Waals surface area contributed by atoms with Crippen LogP contribution in [0.4, 0.5) is 0 Å². The molecule has 8 nitrogen and oxygen atoms in total. The molecule has 2 saturated heterocycles. The molecule has 3 rings (SSSR count). The Morgan fingerprint density at radius 3 is 2.60 bits per heavy atom. The molecule has 1 aromatic carbocycles. The van der Waals surface area contributed by atoms with Crippen LogP contribution in [-0.4, -0.2) is 79.7 Å². The summed E-state index contributed by atoms with van der Waals surface area (Å²) in [4.78, 5) is 37.1. The van der Waals surface area contributed by atoms with Gasteiger partial charge >= 0.3 is 5.97 Å². The minimum atomic E-state index is -0.426. The third-order valence-corrected chi connectivity index (χ3v) is 5.69. The first-order valence-corrected chi connectivity index (χ1v) is 10.2. The molecule has 2 fully saturated rings. The van der Waals surface area contributed by atoms with Gasteiger partial charge in [0.2, 0.25) is 0 Å². The lowest BCUT2D eigenvalue weighted by atomic mass is 9.76. The normalized spacial score (nSPS) is 19.8. The van der Waals surface area contributed by atoms with Gasteiger partial charge in [-0.3, -0.25) is 14.4 Å². The number of likely N-dealkylation sites (N-methyl/N-ethyl adjacent to an activating group) is 1. The van der Waals surface area contributed by atoms with Crippen molar-refractivity contribution in [1.29, 1.82) is 0 Å². The minimum absolute atomic E-state index is 0.0107. The number of piperidine rings is 1. The molecule has 1 unspecified atom stereocenters. The van der Waals surface area contributed by atoms with Crippen molar-refractivity contribution >= 4 is 29.9 Å². The molecule has 1 amide bonds. The number of aryl methyl sites for hydroxylation is 1. The number of amides is 1. The molecule has 0 radical (unpaired) electrons. The fourth-order valence-corrected chi connectivity index (χ4v) is 4.17. The highest BCUT2D eigenvalue weighted by molar-refractivity contribution is 6.30. The highest BCUT2D eigenvalue weighted by atomic mass is 35.5. The molecule has 0 aromatic heterocycles. The number of ether oxygens (including phenoxy) is 2. The highest BCUT2D eigenvalue weighted by Crippen LogP contribution is 2.43. The van der Waals surface area contributed by atoms with Crippen LogP contribution in [0.25, 0.3) is 0 Å². The second-order valence-electron chi connectivity index (χ2n) is 7.96. The van der Waals surface area contributed by atoms with Crippen molar-refractivity contribution in [2.45, 2.75) is 32.3 Å². The average Bonchev–Trinajstić information content (AvgIpc) is 2.96. The van der Waals surface area contributed by atoms with Gasteiger partial charge in [0.25, 0.3) is 12.4 Å². The Bertz CT molecular complexity index is 762. The predicted molar refractivity (Wildman–Crippen MR) is 112 cm³/mol. The number of esters is 1. The Morgan fingerprint density at radius 2 is 2.03 bits per heavy atom. The quantitative estimate of drug-likeness (QED) is 0.553. The van der Waals surface area contributed by atoms with Crippen molar-refractivity contribution in [3.05, 3.63) is 28.8 Å². The van der Waals surface area contributed by atoms with Crippen LogP contribution in [0.15, 0.2) is 18.2 Å². The van der Waals surface area contributed by atoms with E-state index in [9.17, 15) is 9.59 Å². The zero-order valence-corrected chi connectivity index (χ0v) is 18.4. The molecule has 0 saturated carbocycles. The first kappa shape index (κ1) is 24.0. The summed E-state index contributed by atoms with van der Waals surface area (Å²) in [6, 6.07) is 5.33. The average molecular weight is 441 g/mol. The second kappa shape index (κ2) is 10.6. The molecule has 9 heteroatoms. The molecule has 2 heterocycles. The number of benzene rings is 1. The van der Waals surface area contributed by atoms with Crippen LogP contribution < -0.4 is 4.74 Å². The Labute approximate surface area is 181 Å². The molecule has 0 bridgehead atoms. The van der Waals surface area contributed by atoms with Crippen molar-refractivity contribution in [3.8, 4) is 5.75 Å². The molecule has 166 valence electrons. The summed E-state index contributed by atoms with van der Waals surface area (Å²) in [5.41, 5.74) is 0.471. The summed E-state index contributed by atoms with van der Waals surface area (Å²) < 4.78 is 11.2. The number of carbonyl (C=O) groups excluding carboxylic acids is 2. The van der Waals surface area contributed by atoms with Crippen LogP contribution in [0, 0.1) is 12.3 Å². The van der Waals surface area contributed by atoms with Crippen molar-refractivity contribution in [1.82, 2.24) is 9.80 Å². The number of nitrogens with zero attached hydrogens (tertiary/aromatic N) is 2. The van der Waals surface area contributed by atoms with Crippen molar-refractivity contribution in [2.75, 3.05) is 40.3 Å². The number of carbonyl (C=O) groups is 3. The van der Waals surface area contributed by atoms with E-state index in [0.29, 0.717) is 36.7 Å². The number of cyclic esters (lactones) is 1. The minimum Gasteiger partial charge on any atom is -0.483 e. The van der Waals surface area contributed by atoms with Crippen LogP contribution in [0.2, 0.25) is 5.02 Å². The van der Waals surface area contributed by atoms with Crippen LogP contribution in [0.5, 0.6) is 5.75 Å². The topological polar surface area (TPSA) is 96.4 Å². The standard InChI is InChI=1S/C20H27ClN2O4.CH2O2/c1-14-10-15(21)4-5-17(14)26-13-18(24)23-8-6-20(7-9-23)11-16(12-22(2)3)27-19(20)25;2-1-3/h4-5,10,16H,6-9,11-13H2,1-3H3;1H,(H,2,3). The number of hydrogen-bond acceptors (Lipinski definition) is 6. The fourth-order valence-electron chi connectivity index (χ4n) is 3.94. The van der Waals surface area contributed by atoms with E-state index < -0.39 is 5.41 Å². The third-order valence-electron chi connectivity index (χ3n) is 5.46. The van der Waals surface area contributed by atoms with Gasteiger partial charge in [-0.2, -0.15) is 0 Å². The van der Waals surface area contributed by atoms with Gasteiger partial charge in [0.15, 0.2) is 6.61 Å². The number of rotatable bonds is 5. The Hall–Kier alpha value is -2.32. The number of halogens is 1. The fraction of sp³-hybridized carbons (Fsp3) is 0.571. The molecule has 2 aliphatic heterocycles. The van der Waals surface area contributed by atoms with E-state index in [-0.39, 0.29) is 31.1 Å². The molecule has 1 spiro atoms. The Kier molecular flexibility index (Phi) is 8.49. The van der Waals surface area contributed by atoms with Crippen LogP contribution >= 0.6 is 11.6 Å². The van der Waals surface area contributed by atoms with Gasteiger partial charge in [-0.05, 0) is 57.6 Å². The lowest BCUT2D eigenvalue weighted by molar-refractivity contribution is -0.153. The number of likely N-dealkylation sites (tertiary alicyclic amines) is 1. The Morgan fingerprint density at radius 1 is 1.40 bits per heavy atom. The first-order valence-electron chi connectivity index (χ1n) is 9.81. The highest BCUT2D eigenvalue weighted by Gasteiger charge is 2.50. The molecule has 30 heavy (non-hydrogen) atoms. The maximum Gasteiger partial charge on any atom is 0.312 e. The molecule has 1 atom stereocenters. The zero-order chi connectivity index (χ0) is 22.3. The molecule has 0 aliphatic carbocycles. The van der Waals surface area contributed by atoms with Crippen LogP contribution in [-0.2, 0) is 19.1 Å². The molecule has 2 aliphatic rings. The first-order chi connectivity index (χ1) is 14.2. The van der Waals surface area contributed by atoms with Crippen molar-refractivity contribution in [2.24, 2.45) is 5.41 Å². The maximum atomic E-state index is 12.5. The van der Waals surface area contributed by atoms with Crippen molar-refractivity contribution in [3.63, 3.8) is 0 Å². The molecular formula is C21H29ClN2O6. The predicted octanol–water partition coefficient (Wildman–Crippen LogP) is 2.21. The van der Waals surface area contributed by atoms with E-state index in [0.717, 1.165) is 18.5 Å². The van der Waals surface area contributed by atoms with Crippen molar-refractivity contribution < 1.29 is 29.0 Å². The van der Waals surface area contributed by atoms with E-state index in [4.69, 9.17) is 31.0 Å². The van der Waals surface area contributed by atoms with Gasteiger partial charge in [-0.1, -0.05) is 11.6 Å². The summed E-state index contributed by atoms with van der Waals surface area (Å²) in [7, 11) is 3.95. The van der Waals surface area contributed by atoms with E-state index in [2.05, 4.69) is 0 Å². The molecular weight excluding hydrogens is 412 g/mol. The Balaban J connectivity index is 0.00000101. The van der Waals surface area contributed by atoms with Gasteiger partial charge in [0.1, 0.15) is 11.9 Å². The van der Waals surface area contributed by atoms with E-state index in [1.54, 1.807) is 17.0 Å². The largest absolute Gasteiger partial charge is 0.483 e. The smallest absolute Gasteiger partial charge is 0.312 e. The summed E-state index contributed by atoms with van der Waals surface area (Å²) >= 11 is 5.94. The van der Waals surface area contributed by atoms with E-state index in [1.807, 2.05) is 32.0 Å². The summed E-state index contributed by atoms with van der Waals surface area (Å²) in [6.45, 7) is 3.50. The summed E-state index contributed by atoms with van der Waals surface area (Å²) in [5, 5.41) is 7.53. The SMILES string of the molecule is Cc1cc(Cl)ccc1OCC(=O)N1CCC2(CC1)CC(CN(C)C)OC2=O.O=CO. The van der Waals surface area contributed by atoms with Crippen LogP contribution in [0.3, 0.4) is 0 Å². The summed E-state index contributed by atoms with van der Waals surface area (Å²) in [5.74, 6) is 0.497. The van der Waals surface area contributed by atoms with Gasteiger partial charge in [-0.15, -0.1) is 0 Å². The molecule has 1 aromatic rings. The number of carboxylic acid groups (broad SMARTS) is 1. The molecule has 1 N–H and O–H groups in total. The summed E-state index contributed by atoms with van der Waals surface area (Å²) in [6.07, 6.45) is 2.00. The van der Waals surface area contributed by atoms with Crippen LogP contribution in [0.1, 0.15) is 24.8 Å². The van der Waals surface area contributed by atoms with E-state index in [1.165, 1.54) is 0 Å². The third kappa shape index (κ3) is 6.09. The lowest BCUT2D eigenvalue weighted by Gasteiger charge is -2.36.